The fourth-order valence-corrected chi connectivity index (χ4v) is 18.2. The largest absolute Gasteiger partial charge is 0.457 e. The lowest BCUT2D eigenvalue weighted by molar-refractivity contribution is 0.399. The average molecular weight is 1490 g/mol. The van der Waals surface area contributed by atoms with Crippen molar-refractivity contribution in [2.75, 3.05) is 9.80 Å². The minimum atomic E-state index is -0.971. The second-order valence-electron chi connectivity index (χ2n) is 34.9. The van der Waals surface area contributed by atoms with Gasteiger partial charge in [-0.25, -0.2) is 0 Å². The number of hydrogen-bond donors (Lipinski definition) is 0. The molecule has 0 aliphatic carbocycles. The molecule has 0 atom stereocenters. The number of para-hydroxylation sites is 9. The highest BCUT2D eigenvalue weighted by atomic mass is 16.5. The highest BCUT2D eigenvalue weighted by Crippen LogP contribution is 2.62. The van der Waals surface area contributed by atoms with Crippen molar-refractivity contribution in [1.29, 1.82) is 0 Å². The summed E-state index contributed by atoms with van der Waals surface area (Å²) >= 11 is 0. The van der Waals surface area contributed by atoms with Crippen LogP contribution in [0.3, 0.4) is 0 Å². The Morgan fingerprint density at radius 2 is 0.632 bits per heavy atom. The Morgan fingerprint density at radius 1 is 0.289 bits per heavy atom. The Bertz CT molecular complexity index is 7280. The number of ether oxygens (including phenoxy) is 2. The van der Waals surface area contributed by atoms with Gasteiger partial charge in [0.05, 0.1) is 60.8 Å². The van der Waals surface area contributed by atoms with E-state index in [1.165, 1.54) is 0 Å². The number of rotatable bonds is 7. The van der Waals surface area contributed by atoms with Crippen LogP contribution >= 0.6 is 0 Å². The lowest BCUT2D eigenvalue weighted by Gasteiger charge is -2.45. The molecule has 0 saturated carbocycles. The van der Waals surface area contributed by atoms with Crippen LogP contribution in [0.2, 0.25) is 0 Å². The Labute approximate surface area is 691 Å². The van der Waals surface area contributed by atoms with Gasteiger partial charge in [-0.05, 0) is 180 Å². The van der Waals surface area contributed by atoms with E-state index in [0.29, 0.717) is 62.7 Å². The summed E-state index contributed by atoms with van der Waals surface area (Å²) in [4.78, 5) is 4.57. The molecule has 552 valence electrons. The Balaban J connectivity index is 0.949. The molecule has 21 rings (SSSR count). The third-order valence-corrected chi connectivity index (χ3v) is 23.9. The zero-order valence-corrected chi connectivity index (χ0v) is 65.5. The Hall–Kier alpha value is -12.8. The van der Waals surface area contributed by atoms with E-state index in [1.54, 1.807) is 9.13 Å². The van der Waals surface area contributed by atoms with Crippen LogP contribution in [0, 0.1) is 0 Å². The first kappa shape index (κ1) is 53.9. The van der Waals surface area contributed by atoms with Crippen molar-refractivity contribution in [1.82, 2.24) is 9.13 Å². The van der Waals surface area contributed by atoms with E-state index in [4.69, 9.17) is 15.0 Å². The van der Waals surface area contributed by atoms with Gasteiger partial charge in [0, 0.05) is 89.0 Å². The van der Waals surface area contributed by atoms with Crippen molar-refractivity contribution in [2.24, 2.45) is 0 Å². The van der Waals surface area contributed by atoms with Crippen LogP contribution in [0.1, 0.15) is 150 Å². The van der Waals surface area contributed by atoms with Gasteiger partial charge in [0.25, 0.3) is 6.71 Å². The SMILES string of the molecule is [2H]c1c([2H])c([2H])c2c(c1[2H])c1c([2H])c([2H])c([2H])c([2H])c1n2-c1ccc2c(c1)N(c1ccccc1-c1cc(C(C)(C)C)cc(C(C)(C)C)c1)c1cc(-c3ccc4c(c3)Oc3ccccc3C43c4ccccc4Oc4ccccc43)cc3c1B2c1ccc(-n2c4c([2H])c([2H])c([2H])c([2H])c4c4c([2H])c([2H])c([2H])c([2H])c42)cc1N3c1ccccc1-c1cc(C(C)(C)C)cc(C(C)(C)C)c1. The summed E-state index contributed by atoms with van der Waals surface area (Å²) in [7, 11) is 0. The second-order valence-corrected chi connectivity index (χ2v) is 34.9. The first-order valence-corrected chi connectivity index (χ1v) is 39.1. The van der Waals surface area contributed by atoms with Crippen molar-refractivity contribution in [2.45, 2.75) is 110 Å². The molecule has 15 aromatic carbocycles. The maximum Gasteiger partial charge on any atom is 0.252 e. The van der Waals surface area contributed by atoms with Gasteiger partial charge in [0.1, 0.15) is 23.0 Å². The molecule has 0 fully saturated rings. The van der Waals surface area contributed by atoms with Crippen LogP contribution < -0.4 is 35.7 Å². The topological polar surface area (TPSA) is 34.8 Å². The molecule has 114 heavy (non-hydrogen) atoms. The van der Waals surface area contributed by atoms with E-state index in [-0.39, 0.29) is 65.3 Å². The van der Waals surface area contributed by atoms with Gasteiger partial charge in [0.2, 0.25) is 0 Å². The minimum absolute atomic E-state index is 0.0616. The van der Waals surface area contributed by atoms with Crippen molar-refractivity contribution in [3.05, 3.63) is 366 Å². The van der Waals surface area contributed by atoms with Gasteiger partial charge < -0.3 is 28.4 Å². The molecular weight excluding hydrogens is 1380 g/mol. The molecular formula is C107H89BN4O2. The van der Waals surface area contributed by atoms with Crippen LogP contribution in [-0.4, -0.2) is 15.8 Å². The third-order valence-electron chi connectivity index (χ3n) is 23.9. The van der Waals surface area contributed by atoms with E-state index in [9.17, 15) is 16.4 Å². The van der Waals surface area contributed by atoms with E-state index in [1.807, 2.05) is 115 Å². The first-order chi connectivity index (χ1) is 61.7. The maximum absolute atomic E-state index is 9.94. The van der Waals surface area contributed by atoms with E-state index >= 15 is 0 Å². The number of hydrogen-bond acceptors (Lipinski definition) is 4. The smallest absolute Gasteiger partial charge is 0.252 e. The van der Waals surface area contributed by atoms with Crippen molar-refractivity contribution < 1.29 is 31.4 Å². The molecule has 4 aliphatic heterocycles. The molecule has 6 heterocycles. The highest BCUT2D eigenvalue weighted by Gasteiger charge is 2.51. The molecule has 0 saturated heterocycles. The van der Waals surface area contributed by atoms with Crippen LogP contribution in [0.25, 0.3) is 88.4 Å². The predicted octanol–water partition coefficient (Wildman–Crippen LogP) is 26.7. The third kappa shape index (κ3) is 10.5. The summed E-state index contributed by atoms with van der Waals surface area (Å²) in [6.45, 7) is 25.8. The number of aromatic nitrogens is 2. The standard InChI is InChI=1S/C107H89BN4O2/c1-103(2,3)70-55-68(56-71(62-70)104(4,5)6)76-31-13-22-40-88(76)111-94-64-74(109-90-42-24-15-33-78(90)79-34-16-25-43-91(79)109)50-53-86(94)108-87-54-51-75(110-92-44-26-17-35-80(92)81-36-18-27-45-93(81)110)65-95(87)112(89-41-23-14-32-77(89)69-57-72(105(7,8)9)63-73(58-69)106(10,11)12)97-60-67(59-96(111)102(97)108)66-49-52-85-101(61-66)114-100-48-30-21-39-84(100)107(85)82-37-19-28-46-98(82)113-99-47-29-20-38-83(99)107/h13-65H,1-12H3/i15D,16D,17D,18D,24D,25D,26D,27D,33D,34D,35D,36D,42D,43D,44D,45D. The molecule has 6 nitrogen and oxygen atoms in total. The minimum Gasteiger partial charge on any atom is -0.457 e. The van der Waals surface area contributed by atoms with Gasteiger partial charge in [0.15, 0.2) is 0 Å². The van der Waals surface area contributed by atoms with Gasteiger partial charge in [-0.3, -0.25) is 0 Å². The van der Waals surface area contributed by atoms with Crippen LogP contribution in [0.5, 0.6) is 23.0 Å². The lowest BCUT2D eigenvalue weighted by atomic mass is 9.33. The molecule has 0 amide bonds. The summed E-state index contributed by atoms with van der Waals surface area (Å²) in [5, 5.41) is -0.329. The van der Waals surface area contributed by atoms with Crippen LogP contribution in [0.4, 0.5) is 34.1 Å². The number of anilines is 6. The molecule has 0 N–H and O–H groups in total. The molecule has 2 aromatic heterocycles. The molecule has 1 spiro atoms. The summed E-state index contributed by atoms with van der Waals surface area (Å²) < 4.78 is 170. The lowest BCUT2D eigenvalue weighted by Crippen LogP contribution is -2.61. The number of fused-ring (bicyclic) bond motifs is 18. The summed E-state index contributed by atoms with van der Waals surface area (Å²) in [6, 6.07) is 69.1. The van der Waals surface area contributed by atoms with Crippen LogP contribution in [-0.2, 0) is 27.1 Å². The van der Waals surface area contributed by atoms with E-state index < -0.39 is 109 Å². The first-order valence-electron chi connectivity index (χ1n) is 47.1. The van der Waals surface area contributed by atoms with Crippen molar-refractivity contribution in [3.63, 3.8) is 0 Å². The molecule has 7 heteroatoms. The fraction of sp³-hybridized carbons (Fsp3) is 0.159. The Kier molecular flexibility index (Phi) is 11.9. The van der Waals surface area contributed by atoms with Crippen molar-refractivity contribution in [3.8, 4) is 67.8 Å². The maximum atomic E-state index is 9.94. The molecule has 17 aromatic rings. The highest BCUT2D eigenvalue weighted by molar-refractivity contribution is 7.00. The number of nitrogens with zero attached hydrogens (tertiary/aromatic N) is 4. The molecule has 0 bridgehead atoms. The molecule has 4 aliphatic rings. The average Bonchev–Trinajstić information content (AvgIpc) is 1.06. The normalized spacial score (nSPS) is 15.9. The monoisotopic (exact) mass is 1490 g/mol. The zero-order chi connectivity index (χ0) is 91.6. The van der Waals surface area contributed by atoms with Gasteiger partial charge >= 0.3 is 0 Å². The number of benzene rings is 15. The molecule has 0 radical (unpaired) electrons. The summed E-state index contributed by atoms with van der Waals surface area (Å²) in [5.41, 5.74) is 17.3. The van der Waals surface area contributed by atoms with Crippen molar-refractivity contribution >= 4 is 101 Å². The summed E-state index contributed by atoms with van der Waals surface area (Å²) in [6.07, 6.45) is 0. The van der Waals surface area contributed by atoms with E-state index in [0.717, 1.165) is 100 Å². The fourth-order valence-electron chi connectivity index (χ4n) is 18.2. The van der Waals surface area contributed by atoms with Crippen LogP contribution in [0.15, 0.2) is 321 Å². The second kappa shape index (κ2) is 25.1. The zero-order valence-electron chi connectivity index (χ0n) is 81.5. The van der Waals surface area contributed by atoms with Gasteiger partial charge in [-0.2, -0.15) is 0 Å². The Morgan fingerprint density at radius 3 is 1.02 bits per heavy atom. The summed E-state index contributed by atoms with van der Waals surface area (Å²) in [5.74, 6) is 2.61. The quantitative estimate of drug-likeness (QED) is 0.149. The van der Waals surface area contributed by atoms with Gasteiger partial charge in [-0.15, -0.1) is 0 Å². The van der Waals surface area contributed by atoms with E-state index in [2.05, 4.69) is 202 Å². The van der Waals surface area contributed by atoms with Gasteiger partial charge in [-0.1, -0.05) is 307 Å². The predicted molar refractivity (Wildman–Crippen MR) is 479 cm³/mol. The molecule has 0 unspecified atom stereocenters.